The van der Waals surface area contributed by atoms with Crippen molar-refractivity contribution < 1.29 is 39.6 Å². The average molecular weight is 701 g/mol. The number of nitrogens with two attached hydrogens (primary N) is 2. The van der Waals surface area contributed by atoms with Crippen molar-refractivity contribution in [1.82, 2.24) is 30.8 Å². The minimum absolute atomic E-state index is 0.00517. The van der Waals surface area contributed by atoms with Crippen LogP contribution in [0.4, 0.5) is 0 Å². The van der Waals surface area contributed by atoms with Crippen molar-refractivity contribution in [3.63, 3.8) is 0 Å². The molecule has 8 bridgehead atoms. The second kappa shape index (κ2) is 14.3. The zero-order chi connectivity index (χ0) is 37.5. The van der Waals surface area contributed by atoms with Gasteiger partial charge in [0.1, 0.15) is 0 Å². The minimum Gasteiger partial charge on any atom is -0.481 e. The number of aliphatic hydroxyl groups is 2. The van der Waals surface area contributed by atoms with Gasteiger partial charge in [-0.25, -0.2) is 21.7 Å². The number of carbonyl (C=O) groups excluding carboxylic acids is 2. The molecule has 0 spiro atoms. The molecule has 2 aliphatic rings. The Bertz CT molecular complexity index is 2230. The van der Waals surface area contributed by atoms with Gasteiger partial charge < -0.3 is 30.4 Å². The second-order valence-electron chi connectivity index (χ2n) is 12.5. The van der Waals surface area contributed by atoms with Crippen molar-refractivity contribution in [2.75, 3.05) is 0 Å². The number of nitrogen functional groups attached to an aromatic ring is 2. The Labute approximate surface area is 291 Å². The molecule has 0 saturated carbocycles. The molecule has 0 saturated heterocycles. The number of aromatic amines is 2. The molecule has 268 valence electrons. The molecule has 5 rings (SSSR count). The highest BCUT2D eigenvalue weighted by molar-refractivity contribution is 6.12. The zero-order valence-electron chi connectivity index (χ0n) is 28.7. The summed E-state index contributed by atoms with van der Waals surface area (Å²) in [5.41, 5.74) is 9.73. The maximum absolute atomic E-state index is 13.7. The van der Waals surface area contributed by atoms with Gasteiger partial charge in [0.25, 0.3) is 11.8 Å². The van der Waals surface area contributed by atoms with Crippen LogP contribution in [-0.4, -0.2) is 70.2 Å². The van der Waals surface area contributed by atoms with Crippen LogP contribution >= 0.6 is 0 Å². The summed E-state index contributed by atoms with van der Waals surface area (Å²) >= 11 is 0. The number of nitrogens with one attached hydrogen (secondary N) is 4. The molecule has 2 aliphatic heterocycles. The van der Waals surface area contributed by atoms with Crippen LogP contribution in [0, 0.1) is 6.92 Å². The number of hydrogen-bond donors (Lipinski definition) is 10. The fourth-order valence-electron chi connectivity index (χ4n) is 6.80. The summed E-state index contributed by atoms with van der Waals surface area (Å²) in [7, 11) is 0. The summed E-state index contributed by atoms with van der Waals surface area (Å²) in [6.07, 6.45) is -2.52. The lowest BCUT2D eigenvalue weighted by atomic mass is 9.97. The minimum atomic E-state index is -1.33. The Balaban J connectivity index is 2.11. The largest absolute Gasteiger partial charge is 0.481 e. The first-order chi connectivity index (χ1) is 24.1. The predicted octanol–water partition coefficient (Wildman–Crippen LogP) is 3.01. The number of fused-ring (bicyclic) bond motifs is 8. The van der Waals surface area contributed by atoms with Gasteiger partial charge in [-0.1, -0.05) is 0 Å². The maximum atomic E-state index is 13.7. The zero-order valence-corrected chi connectivity index (χ0v) is 28.7. The quantitative estimate of drug-likeness (QED) is 0.0830. The monoisotopic (exact) mass is 700 g/mol. The van der Waals surface area contributed by atoms with Crippen molar-refractivity contribution in [3.8, 4) is 0 Å². The van der Waals surface area contributed by atoms with Crippen LogP contribution in [0.5, 0.6) is 0 Å². The topological polar surface area (TPSA) is 283 Å². The van der Waals surface area contributed by atoms with Crippen molar-refractivity contribution in [3.05, 3.63) is 68.8 Å². The number of aliphatic carboxylic acids is 2. The van der Waals surface area contributed by atoms with Crippen molar-refractivity contribution in [2.24, 2.45) is 11.7 Å². The standard InChI is InChI=1S/C35H40N8O8/c1-13-18(6-8-26(46)47)22-12-23-19(7-9-27(48)49)14(2)21(39-23)11-25-30(34(50)42-36)29(17(5)45)33(41-25)31(35(51)43-37)32-15(3)28(16(4)44)24(40-32)10-20(13)38-22/h10-12,16-17,38,41,44-45H,6-9,36-37H2,1-5H3,(H,42,50)(H,43,51)(H,46,47)(H,48,49). The first-order valence-corrected chi connectivity index (χ1v) is 16.1. The Morgan fingerprint density at radius 3 is 1.92 bits per heavy atom. The van der Waals surface area contributed by atoms with Crippen LogP contribution in [0.3, 0.4) is 0 Å². The molecule has 0 aromatic carbocycles. The van der Waals surface area contributed by atoms with E-state index in [-0.39, 0.29) is 64.8 Å². The SMILES string of the molecule is CC1=C(CCC(=O)O)c2cc3[nH]c(cc4nc(c(C(=O)NN)c5[nH]c(cc1n2)c(C(=O)NN)c5C(C)O)C(C)=C4C(C)O)c(C)c3CCC(=O)O. The van der Waals surface area contributed by atoms with Gasteiger partial charge in [-0.05, 0) is 93.5 Å². The molecule has 0 fully saturated rings. The Morgan fingerprint density at radius 1 is 0.745 bits per heavy atom. The number of carboxylic acid groups (broad SMARTS) is 2. The van der Waals surface area contributed by atoms with Crippen LogP contribution in [0.25, 0.3) is 44.4 Å². The van der Waals surface area contributed by atoms with E-state index < -0.39 is 36.0 Å². The molecule has 3 aromatic rings. The number of aromatic nitrogens is 4. The first-order valence-electron chi connectivity index (χ1n) is 16.1. The third-order valence-corrected chi connectivity index (χ3v) is 9.23. The van der Waals surface area contributed by atoms with Crippen LogP contribution in [-0.2, 0) is 16.0 Å². The molecule has 16 nitrogen and oxygen atoms in total. The molecule has 3 aromatic heterocycles. The number of carbonyl (C=O) groups is 4. The molecule has 12 N–H and O–H groups in total. The lowest BCUT2D eigenvalue weighted by molar-refractivity contribution is -0.137. The van der Waals surface area contributed by atoms with Gasteiger partial charge in [-0.3, -0.25) is 30.0 Å². The fraction of sp³-hybridized carbons (Fsp3) is 0.314. The van der Waals surface area contributed by atoms with Gasteiger partial charge in [-0.2, -0.15) is 0 Å². The van der Waals surface area contributed by atoms with Gasteiger partial charge in [0.05, 0.1) is 57.1 Å². The summed E-state index contributed by atoms with van der Waals surface area (Å²) in [4.78, 5) is 66.5. The number of hydrogen-bond acceptors (Lipinski definition) is 10. The van der Waals surface area contributed by atoms with Gasteiger partial charge in [-0.15, -0.1) is 0 Å². The molecule has 2 atom stereocenters. The normalized spacial score (nSPS) is 14.1. The first kappa shape index (κ1) is 36.6. The van der Waals surface area contributed by atoms with Gasteiger partial charge in [0.15, 0.2) is 0 Å². The third kappa shape index (κ3) is 6.77. The van der Waals surface area contributed by atoms with Gasteiger partial charge >= 0.3 is 11.9 Å². The summed E-state index contributed by atoms with van der Waals surface area (Å²) in [5.74, 6) is 7.65. The summed E-state index contributed by atoms with van der Waals surface area (Å²) in [6.45, 7) is 8.19. The number of nitrogens with zero attached hydrogens (tertiary/aromatic N) is 2. The molecule has 2 unspecified atom stereocenters. The lowest BCUT2D eigenvalue weighted by Crippen LogP contribution is -2.31. The highest BCUT2D eigenvalue weighted by Gasteiger charge is 2.31. The number of carboxylic acids is 2. The van der Waals surface area contributed by atoms with Gasteiger partial charge in [0.2, 0.25) is 0 Å². The number of aryl methyl sites for hydroxylation is 2. The van der Waals surface area contributed by atoms with Crippen LogP contribution in [0.1, 0.15) is 113 Å². The Morgan fingerprint density at radius 2 is 1.33 bits per heavy atom. The van der Waals surface area contributed by atoms with Crippen molar-refractivity contribution in [2.45, 2.75) is 72.5 Å². The highest BCUT2D eigenvalue weighted by Crippen LogP contribution is 2.39. The number of amides is 2. The van der Waals surface area contributed by atoms with Crippen molar-refractivity contribution in [1.29, 1.82) is 0 Å². The smallest absolute Gasteiger partial charge is 0.303 e. The Hall–Kier alpha value is -5.68. The van der Waals surface area contributed by atoms with E-state index in [2.05, 4.69) is 20.8 Å². The van der Waals surface area contributed by atoms with E-state index in [1.54, 1.807) is 32.9 Å². The molecule has 16 heteroatoms. The van der Waals surface area contributed by atoms with E-state index in [1.165, 1.54) is 13.0 Å². The predicted molar refractivity (Wildman–Crippen MR) is 189 cm³/mol. The molecule has 0 aliphatic carbocycles. The number of allylic oxidation sites excluding steroid dienone is 3. The van der Waals surface area contributed by atoms with Crippen LogP contribution < -0.4 is 22.5 Å². The number of rotatable bonds is 10. The molecular formula is C35H40N8O8. The number of aliphatic hydroxyl groups excluding tert-OH is 2. The summed E-state index contributed by atoms with van der Waals surface area (Å²) in [5, 5.41) is 41.2. The van der Waals surface area contributed by atoms with E-state index in [1.807, 2.05) is 6.92 Å². The molecule has 5 heterocycles. The van der Waals surface area contributed by atoms with E-state index in [4.69, 9.17) is 21.7 Å². The van der Waals surface area contributed by atoms with Crippen LogP contribution in [0.15, 0.2) is 18.2 Å². The summed E-state index contributed by atoms with van der Waals surface area (Å²) < 4.78 is 0. The third-order valence-electron chi connectivity index (χ3n) is 9.23. The second-order valence-corrected chi connectivity index (χ2v) is 12.5. The summed E-state index contributed by atoms with van der Waals surface area (Å²) in [6, 6.07) is 4.94. The molecule has 0 radical (unpaired) electrons. The number of hydrazine groups is 2. The van der Waals surface area contributed by atoms with E-state index in [9.17, 15) is 39.6 Å². The van der Waals surface area contributed by atoms with E-state index in [0.29, 0.717) is 55.8 Å². The molecular weight excluding hydrogens is 660 g/mol. The highest BCUT2D eigenvalue weighted by atomic mass is 16.4. The van der Waals surface area contributed by atoms with Gasteiger partial charge in [0, 0.05) is 35.0 Å². The molecule has 2 amide bonds. The number of H-pyrrole nitrogens is 2. The van der Waals surface area contributed by atoms with E-state index in [0.717, 1.165) is 0 Å². The fourth-order valence-corrected chi connectivity index (χ4v) is 6.80. The van der Waals surface area contributed by atoms with Crippen LogP contribution in [0.2, 0.25) is 0 Å². The van der Waals surface area contributed by atoms with E-state index >= 15 is 0 Å². The lowest BCUT2D eigenvalue weighted by Gasteiger charge is -2.11. The van der Waals surface area contributed by atoms with Crippen molar-refractivity contribution >= 4 is 68.1 Å². The maximum Gasteiger partial charge on any atom is 0.303 e. The average Bonchev–Trinajstić information content (AvgIpc) is 3.76. The molecule has 51 heavy (non-hydrogen) atoms. The Kier molecular flexibility index (Phi) is 10.2.